The van der Waals surface area contributed by atoms with Crippen LogP contribution in [-0.4, -0.2) is 26.8 Å². The maximum atomic E-state index is 13.4. The van der Waals surface area contributed by atoms with E-state index < -0.39 is 0 Å². The Morgan fingerprint density at radius 1 is 0.939 bits per heavy atom. The van der Waals surface area contributed by atoms with Gasteiger partial charge in [-0.2, -0.15) is 9.78 Å². The van der Waals surface area contributed by atoms with Crippen LogP contribution < -0.4 is 11.1 Å². The number of hydrogen-bond donors (Lipinski definition) is 2. The SMILES string of the molecule is Cc1cc(C)cc(NC(=O)c2c(N)n(/N=C/c3ccccc3)c3nc4ccccc4nc23)c1. The van der Waals surface area contributed by atoms with E-state index in [1.165, 1.54) is 4.68 Å². The van der Waals surface area contributed by atoms with E-state index in [9.17, 15) is 4.79 Å². The summed E-state index contributed by atoms with van der Waals surface area (Å²) in [5.74, 6) is -0.185. The summed E-state index contributed by atoms with van der Waals surface area (Å²) < 4.78 is 1.47. The van der Waals surface area contributed by atoms with Gasteiger partial charge in [-0.1, -0.05) is 48.5 Å². The van der Waals surface area contributed by atoms with Crippen LogP contribution in [-0.2, 0) is 0 Å². The third-order valence-electron chi connectivity index (χ3n) is 5.30. The zero-order valence-corrected chi connectivity index (χ0v) is 18.3. The number of amides is 1. The molecule has 0 aliphatic rings. The molecule has 3 N–H and O–H groups in total. The van der Waals surface area contributed by atoms with Crippen molar-refractivity contribution in [2.45, 2.75) is 13.8 Å². The molecule has 0 spiro atoms. The van der Waals surface area contributed by atoms with Gasteiger partial charge < -0.3 is 11.1 Å². The molecule has 2 aromatic heterocycles. The number of aryl methyl sites for hydroxylation is 2. The van der Waals surface area contributed by atoms with Gasteiger partial charge in [-0.15, -0.1) is 0 Å². The Labute approximate surface area is 190 Å². The van der Waals surface area contributed by atoms with Gasteiger partial charge in [0.25, 0.3) is 5.91 Å². The number of anilines is 2. The van der Waals surface area contributed by atoms with E-state index in [4.69, 9.17) is 15.7 Å². The molecule has 0 atom stereocenters. The number of aromatic nitrogens is 3. The normalized spacial score (nSPS) is 11.5. The van der Waals surface area contributed by atoms with Crippen molar-refractivity contribution in [1.82, 2.24) is 14.6 Å². The van der Waals surface area contributed by atoms with Gasteiger partial charge in [0.1, 0.15) is 16.9 Å². The first-order chi connectivity index (χ1) is 16.0. The van der Waals surface area contributed by atoms with E-state index in [0.29, 0.717) is 27.9 Å². The zero-order chi connectivity index (χ0) is 22.9. The molecule has 5 rings (SSSR count). The van der Waals surface area contributed by atoms with Gasteiger partial charge in [-0.3, -0.25) is 4.79 Å². The van der Waals surface area contributed by atoms with E-state index in [2.05, 4.69) is 10.4 Å². The number of nitrogens with two attached hydrogens (primary N) is 1. The summed E-state index contributed by atoms with van der Waals surface area (Å²) in [5.41, 5.74) is 12.6. The second kappa shape index (κ2) is 8.20. The Morgan fingerprint density at radius 3 is 2.27 bits per heavy atom. The number of nitrogens with one attached hydrogen (secondary N) is 1. The number of nitrogens with zero attached hydrogens (tertiary/aromatic N) is 4. The van der Waals surface area contributed by atoms with E-state index in [1.807, 2.05) is 86.6 Å². The van der Waals surface area contributed by atoms with E-state index in [0.717, 1.165) is 16.7 Å². The standard InChI is InChI=1S/C26H22N6O/c1-16-12-17(2)14-19(13-16)29-26(33)22-23-25(31-21-11-7-6-10-20(21)30-23)32(24(22)27)28-15-18-8-4-3-5-9-18/h3-15H,27H2,1-2H3,(H,29,33)/b28-15+. The Balaban J connectivity index is 1.67. The second-order valence-corrected chi connectivity index (χ2v) is 7.94. The maximum absolute atomic E-state index is 13.4. The Bertz CT molecular complexity index is 1520. The minimum atomic E-state index is -0.360. The number of hydrogen-bond acceptors (Lipinski definition) is 5. The summed E-state index contributed by atoms with van der Waals surface area (Å²) in [4.78, 5) is 22.8. The van der Waals surface area contributed by atoms with Gasteiger partial charge in [0.05, 0.1) is 17.2 Å². The summed E-state index contributed by atoms with van der Waals surface area (Å²) in [5, 5.41) is 7.49. The van der Waals surface area contributed by atoms with Crippen LogP contribution in [0.4, 0.5) is 11.5 Å². The van der Waals surface area contributed by atoms with Crippen molar-refractivity contribution in [2.75, 3.05) is 11.1 Å². The minimum Gasteiger partial charge on any atom is -0.383 e. The van der Waals surface area contributed by atoms with Crippen LogP contribution in [0.15, 0.2) is 77.9 Å². The van der Waals surface area contributed by atoms with Crippen molar-refractivity contribution >= 4 is 45.8 Å². The first-order valence-electron chi connectivity index (χ1n) is 10.6. The average Bonchev–Trinajstić information content (AvgIpc) is 3.06. The van der Waals surface area contributed by atoms with E-state index >= 15 is 0 Å². The predicted octanol–water partition coefficient (Wildman–Crippen LogP) is 4.92. The smallest absolute Gasteiger partial charge is 0.261 e. The molecular weight excluding hydrogens is 412 g/mol. The Hall–Kier alpha value is -4.52. The molecule has 7 heteroatoms. The Kier molecular flexibility index (Phi) is 5.06. The second-order valence-electron chi connectivity index (χ2n) is 7.94. The molecule has 2 heterocycles. The molecular formula is C26H22N6O. The number of nitrogen functional groups attached to an aromatic ring is 1. The van der Waals surface area contributed by atoms with Crippen LogP contribution in [0, 0.1) is 13.8 Å². The lowest BCUT2D eigenvalue weighted by atomic mass is 10.1. The van der Waals surface area contributed by atoms with Crippen molar-refractivity contribution in [3.8, 4) is 0 Å². The quantitative estimate of drug-likeness (QED) is 0.392. The average molecular weight is 435 g/mol. The summed E-state index contributed by atoms with van der Waals surface area (Å²) in [6.45, 7) is 3.97. The third-order valence-corrected chi connectivity index (χ3v) is 5.30. The number of fused-ring (bicyclic) bond motifs is 2. The van der Waals surface area contributed by atoms with Gasteiger partial charge in [0, 0.05) is 5.69 Å². The third kappa shape index (κ3) is 3.92. The number of carbonyl (C=O) groups is 1. The molecule has 7 nitrogen and oxygen atoms in total. The molecule has 0 radical (unpaired) electrons. The van der Waals surface area contributed by atoms with Gasteiger partial charge in [0.15, 0.2) is 5.65 Å². The van der Waals surface area contributed by atoms with Crippen molar-refractivity contribution in [3.63, 3.8) is 0 Å². The highest BCUT2D eigenvalue weighted by atomic mass is 16.1. The molecule has 0 aliphatic carbocycles. The number of benzene rings is 3. The molecule has 0 saturated carbocycles. The van der Waals surface area contributed by atoms with Crippen LogP contribution in [0.1, 0.15) is 27.0 Å². The van der Waals surface area contributed by atoms with Gasteiger partial charge in [-0.25, -0.2) is 9.97 Å². The fourth-order valence-corrected chi connectivity index (χ4v) is 3.89. The summed E-state index contributed by atoms with van der Waals surface area (Å²) in [6, 6.07) is 23.0. The molecule has 0 fully saturated rings. The number of para-hydroxylation sites is 2. The molecule has 1 amide bonds. The summed E-state index contributed by atoms with van der Waals surface area (Å²) >= 11 is 0. The highest BCUT2D eigenvalue weighted by Crippen LogP contribution is 2.29. The van der Waals surface area contributed by atoms with Crippen molar-refractivity contribution in [3.05, 3.63) is 95.1 Å². The summed E-state index contributed by atoms with van der Waals surface area (Å²) in [6.07, 6.45) is 1.68. The monoisotopic (exact) mass is 434 g/mol. The van der Waals surface area contributed by atoms with Crippen LogP contribution in [0.3, 0.4) is 0 Å². The van der Waals surface area contributed by atoms with Crippen LogP contribution >= 0.6 is 0 Å². The molecule has 0 bridgehead atoms. The van der Waals surface area contributed by atoms with E-state index in [-0.39, 0.29) is 17.3 Å². The topological polar surface area (TPSA) is 98.2 Å². The first-order valence-corrected chi connectivity index (χ1v) is 10.6. The molecule has 3 aromatic carbocycles. The largest absolute Gasteiger partial charge is 0.383 e. The van der Waals surface area contributed by atoms with Crippen molar-refractivity contribution < 1.29 is 4.79 Å². The van der Waals surface area contributed by atoms with Crippen LogP contribution in [0.2, 0.25) is 0 Å². The lowest BCUT2D eigenvalue weighted by molar-refractivity contribution is 0.102. The molecule has 33 heavy (non-hydrogen) atoms. The molecule has 162 valence electrons. The number of rotatable bonds is 4. The van der Waals surface area contributed by atoms with Gasteiger partial charge >= 0.3 is 0 Å². The van der Waals surface area contributed by atoms with Crippen LogP contribution in [0.25, 0.3) is 22.2 Å². The summed E-state index contributed by atoms with van der Waals surface area (Å²) in [7, 11) is 0. The lowest BCUT2D eigenvalue weighted by Crippen LogP contribution is -2.14. The Morgan fingerprint density at radius 2 is 1.58 bits per heavy atom. The number of carbonyl (C=O) groups excluding carboxylic acids is 1. The fraction of sp³-hybridized carbons (Fsp3) is 0.0769. The van der Waals surface area contributed by atoms with E-state index in [1.54, 1.807) is 6.21 Å². The predicted molar refractivity (Wildman–Crippen MR) is 133 cm³/mol. The molecule has 5 aromatic rings. The molecule has 0 aliphatic heterocycles. The highest BCUT2D eigenvalue weighted by molar-refractivity contribution is 6.16. The van der Waals surface area contributed by atoms with Crippen molar-refractivity contribution in [2.24, 2.45) is 5.10 Å². The molecule has 0 saturated heterocycles. The zero-order valence-electron chi connectivity index (χ0n) is 18.3. The highest BCUT2D eigenvalue weighted by Gasteiger charge is 2.24. The van der Waals surface area contributed by atoms with Gasteiger partial charge in [-0.05, 0) is 54.8 Å². The fourth-order valence-electron chi connectivity index (χ4n) is 3.89. The lowest BCUT2D eigenvalue weighted by Gasteiger charge is -2.08. The first kappa shape index (κ1) is 20.4. The van der Waals surface area contributed by atoms with Crippen LogP contribution in [0.5, 0.6) is 0 Å². The molecule has 0 unspecified atom stereocenters. The maximum Gasteiger partial charge on any atom is 0.261 e. The minimum absolute atomic E-state index is 0.175. The van der Waals surface area contributed by atoms with Crippen molar-refractivity contribution in [1.29, 1.82) is 0 Å². The van der Waals surface area contributed by atoms with Gasteiger partial charge in [0.2, 0.25) is 0 Å².